The van der Waals surface area contributed by atoms with E-state index in [-0.39, 0.29) is 29.1 Å². The van der Waals surface area contributed by atoms with Gasteiger partial charge in [-0.1, -0.05) is 6.92 Å². The Morgan fingerprint density at radius 1 is 1.03 bits per heavy atom. The van der Waals surface area contributed by atoms with Gasteiger partial charge in [-0.25, -0.2) is 0 Å². The third-order valence-electron chi connectivity index (χ3n) is 11.4. The van der Waals surface area contributed by atoms with Gasteiger partial charge in [0.2, 0.25) is 0 Å². The number of hydrogen-bond acceptors (Lipinski definition) is 6. The fraction of sp³-hybridized carbons (Fsp3) is 0.767. The summed E-state index contributed by atoms with van der Waals surface area (Å²) in [5, 5.41) is 20.0. The molecule has 8 atom stereocenters. The molecule has 2 aromatic rings. The molecule has 1 aromatic carbocycles. The molecule has 7 heteroatoms. The maximum absolute atomic E-state index is 13.7. The number of fused-ring (bicyclic) bond motifs is 6. The van der Waals surface area contributed by atoms with Crippen LogP contribution in [0.25, 0.3) is 11.0 Å². The molecule has 0 aliphatic heterocycles. The Bertz CT molecular complexity index is 1180. The topological polar surface area (TPSA) is 86.5 Å². The molecule has 0 radical (unpaired) electrons. The second kappa shape index (κ2) is 9.04. The summed E-state index contributed by atoms with van der Waals surface area (Å²) in [4.78, 5) is 15.3. The van der Waals surface area contributed by atoms with E-state index in [1.54, 1.807) is 11.9 Å². The number of methoxy groups -OCH3 is 2. The van der Waals surface area contributed by atoms with Gasteiger partial charge in [0.1, 0.15) is 23.3 Å². The van der Waals surface area contributed by atoms with Gasteiger partial charge in [0.15, 0.2) is 5.78 Å². The lowest BCUT2D eigenvalue weighted by atomic mass is 9.43. The maximum Gasteiger partial charge on any atom is 0.159 e. The first-order valence-corrected chi connectivity index (χ1v) is 14.3. The van der Waals surface area contributed by atoms with Gasteiger partial charge < -0.3 is 14.6 Å². The number of ketones is 1. The molecule has 0 bridgehead atoms. The summed E-state index contributed by atoms with van der Waals surface area (Å²) in [6.45, 7) is 5.48. The van der Waals surface area contributed by atoms with Crippen molar-refractivity contribution < 1.29 is 19.4 Å². The Hall–Kier alpha value is -1.99. The summed E-state index contributed by atoms with van der Waals surface area (Å²) >= 11 is 0. The van der Waals surface area contributed by atoms with Crippen molar-refractivity contribution in [3.05, 3.63) is 18.2 Å². The standard InChI is InChI=1S/C30H43N3O4/c1-28(35)13-14-30(18-36-3)19(16-28)5-7-21-22-8-9-24(29(22,2)12-11-23(21)30)27(34)17-33-31-25-10-6-20(37-4)15-26(25)32-33/h6,10,15,19,21-24,35H,5,7-9,11-14,16-18H2,1-4H3/t19-,21-,22-,23-,24+,28+,29-,30+/m0/s1. The lowest BCUT2D eigenvalue weighted by Crippen LogP contribution is -2.58. The minimum atomic E-state index is -0.542. The Morgan fingerprint density at radius 2 is 1.84 bits per heavy atom. The predicted octanol–water partition coefficient (Wildman–Crippen LogP) is 5.05. The molecule has 0 spiro atoms. The highest BCUT2D eigenvalue weighted by molar-refractivity contribution is 5.82. The van der Waals surface area contributed by atoms with Gasteiger partial charge in [0, 0.05) is 19.1 Å². The monoisotopic (exact) mass is 509 g/mol. The van der Waals surface area contributed by atoms with Crippen LogP contribution in [0.4, 0.5) is 0 Å². The lowest BCUT2D eigenvalue weighted by Gasteiger charge is -2.62. The van der Waals surface area contributed by atoms with Gasteiger partial charge >= 0.3 is 0 Å². The van der Waals surface area contributed by atoms with Crippen molar-refractivity contribution >= 4 is 16.8 Å². The second-order valence-electron chi connectivity index (χ2n) is 13.2. The van der Waals surface area contributed by atoms with Crippen molar-refractivity contribution in [2.75, 3.05) is 20.8 Å². The highest BCUT2D eigenvalue weighted by Crippen LogP contribution is 2.68. The van der Waals surface area contributed by atoms with Gasteiger partial charge in [-0.15, -0.1) is 0 Å². The molecule has 202 valence electrons. The van der Waals surface area contributed by atoms with Gasteiger partial charge in [0.25, 0.3) is 0 Å². The third-order valence-corrected chi connectivity index (χ3v) is 11.4. The number of nitrogens with zero attached hydrogens (tertiary/aromatic N) is 3. The van der Waals surface area contributed by atoms with Crippen LogP contribution in [0, 0.1) is 40.4 Å². The van der Waals surface area contributed by atoms with E-state index < -0.39 is 5.60 Å². The third kappa shape index (κ3) is 4.03. The zero-order valence-corrected chi connectivity index (χ0v) is 22.9. The van der Waals surface area contributed by atoms with Crippen molar-refractivity contribution in [2.24, 2.45) is 40.4 Å². The van der Waals surface area contributed by atoms with Gasteiger partial charge in [-0.05, 0) is 111 Å². The van der Waals surface area contributed by atoms with Crippen molar-refractivity contribution in [3.8, 4) is 5.75 Å². The van der Waals surface area contributed by atoms with Gasteiger partial charge in [0.05, 0.1) is 19.3 Å². The van der Waals surface area contributed by atoms with E-state index in [0.717, 1.165) is 61.9 Å². The number of benzene rings is 1. The highest BCUT2D eigenvalue weighted by Gasteiger charge is 2.63. The fourth-order valence-corrected chi connectivity index (χ4v) is 9.70. The molecule has 37 heavy (non-hydrogen) atoms. The number of carbonyl (C=O) groups is 1. The fourth-order valence-electron chi connectivity index (χ4n) is 9.70. The van der Waals surface area contributed by atoms with Crippen LogP contribution in [0.5, 0.6) is 5.75 Å². The predicted molar refractivity (Wildman–Crippen MR) is 141 cm³/mol. The van der Waals surface area contributed by atoms with Crippen LogP contribution in [-0.4, -0.2) is 52.3 Å². The van der Waals surface area contributed by atoms with Crippen molar-refractivity contribution in [3.63, 3.8) is 0 Å². The second-order valence-corrected chi connectivity index (χ2v) is 13.2. The van der Waals surface area contributed by atoms with Crippen molar-refractivity contribution in [1.29, 1.82) is 0 Å². The summed E-state index contributed by atoms with van der Waals surface area (Å²) < 4.78 is 11.2. The normalized spacial score (nSPS) is 41.2. The summed E-state index contributed by atoms with van der Waals surface area (Å²) in [6, 6.07) is 5.64. The largest absolute Gasteiger partial charge is 0.497 e. The summed E-state index contributed by atoms with van der Waals surface area (Å²) in [5.41, 5.74) is 1.24. The Morgan fingerprint density at radius 3 is 2.62 bits per heavy atom. The van der Waals surface area contributed by atoms with Crippen LogP contribution in [0.15, 0.2) is 18.2 Å². The number of Topliss-reactive ketones (excluding diaryl/α,β-unsaturated/α-hetero) is 1. The molecule has 4 aliphatic carbocycles. The number of carbonyl (C=O) groups excluding carboxylic acids is 1. The molecule has 0 unspecified atom stereocenters. The van der Waals surface area contributed by atoms with Crippen molar-refractivity contribution in [2.45, 2.75) is 83.8 Å². The number of rotatable bonds is 6. The molecular formula is C30H43N3O4. The Balaban J connectivity index is 1.21. The van der Waals surface area contributed by atoms with E-state index in [4.69, 9.17) is 9.47 Å². The van der Waals surface area contributed by atoms with Crippen LogP contribution in [0.2, 0.25) is 0 Å². The molecule has 1 aromatic heterocycles. The van der Waals surface area contributed by atoms with E-state index in [1.165, 1.54) is 19.3 Å². The average Bonchev–Trinajstić information content (AvgIpc) is 3.43. The van der Waals surface area contributed by atoms with Crippen LogP contribution >= 0.6 is 0 Å². The average molecular weight is 510 g/mol. The smallest absolute Gasteiger partial charge is 0.159 e. The first kappa shape index (κ1) is 25.3. The van der Waals surface area contributed by atoms with Crippen LogP contribution in [0.1, 0.15) is 71.6 Å². The summed E-state index contributed by atoms with van der Waals surface area (Å²) in [6.07, 6.45) is 9.65. The number of aromatic nitrogens is 3. The first-order valence-electron chi connectivity index (χ1n) is 14.3. The quantitative estimate of drug-likeness (QED) is 0.587. The van der Waals surface area contributed by atoms with E-state index in [2.05, 4.69) is 17.1 Å². The molecule has 0 amide bonds. The number of ether oxygens (including phenoxy) is 2. The molecule has 1 N–H and O–H groups in total. The van der Waals surface area contributed by atoms with E-state index in [1.807, 2.05) is 32.2 Å². The molecule has 1 heterocycles. The highest BCUT2D eigenvalue weighted by atomic mass is 16.5. The van der Waals surface area contributed by atoms with E-state index in [0.29, 0.717) is 23.7 Å². The Labute approximate surface area is 220 Å². The number of aliphatic hydroxyl groups is 1. The molecular weight excluding hydrogens is 466 g/mol. The van der Waals surface area contributed by atoms with Crippen LogP contribution in [-0.2, 0) is 16.1 Å². The zero-order valence-electron chi connectivity index (χ0n) is 22.9. The molecule has 6 rings (SSSR count). The maximum atomic E-state index is 13.7. The lowest BCUT2D eigenvalue weighted by molar-refractivity contribution is -0.175. The number of hydrogen-bond donors (Lipinski definition) is 1. The van der Waals surface area contributed by atoms with Gasteiger partial charge in [-0.3, -0.25) is 4.79 Å². The van der Waals surface area contributed by atoms with Crippen LogP contribution in [0.3, 0.4) is 0 Å². The van der Waals surface area contributed by atoms with E-state index >= 15 is 0 Å². The van der Waals surface area contributed by atoms with Crippen LogP contribution < -0.4 is 4.74 Å². The first-order chi connectivity index (χ1) is 17.7. The molecule has 4 saturated carbocycles. The summed E-state index contributed by atoms with van der Waals surface area (Å²) in [5.74, 6) is 3.53. The van der Waals surface area contributed by atoms with E-state index in [9.17, 15) is 9.90 Å². The molecule has 4 aliphatic rings. The minimum absolute atomic E-state index is 0.0509. The minimum Gasteiger partial charge on any atom is -0.497 e. The molecule has 7 nitrogen and oxygen atoms in total. The molecule has 0 saturated heterocycles. The summed E-state index contributed by atoms with van der Waals surface area (Å²) in [7, 11) is 3.49. The zero-order chi connectivity index (χ0) is 26.0. The molecule has 4 fully saturated rings. The SMILES string of the molecule is COC[C@]12CC[C@@](C)(O)C[C@@H]1CC[C@H]1[C@@H]3CC[C@H](C(=O)Cn4nc5ccc(OC)cc5n4)[C@@]3(C)CC[C@@H]12. The Kier molecular flexibility index (Phi) is 6.18. The van der Waals surface area contributed by atoms with Gasteiger partial charge in [-0.2, -0.15) is 15.0 Å². The van der Waals surface area contributed by atoms with Crippen molar-refractivity contribution in [1.82, 2.24) is 15.0 Å².